The van der Waals surface area contributed by atoms with Crippen LogP contribution in [0, 0.1) is 5.92 Å². The minimum absolute atomic E-state index is 0.270. The molecule has 1 fully saturated rings. The van der Waals surface area contributed by atoms with Crippen molar-refractivity contribution in [1.82, 2.24) is 9.78 Å². The van der Waals surface area contributed by atoms with Crippen LogP contribution in [0.25, 0.3) is 0 Å². The molecule has 2 rings (SSSR count). The fraction of sp³-hybridized carbons (Fsp3) is 0.600. The van der Waals surface area contributed by atoms with E-state index in [-0.39, 0.29) is 5.78 Å². The number of rotatable bonds is 3. The third-order valence-corrected chi connectivity index (χ3v) is 2.36. The number of aromatic nitrogens is 2. The lowest BCUT2D eigenvalue weighted by atomic mass is 10.1. The monoisotopic (exact) mass is 178 g/mol. The molecule has 1 aromatic rings. The summed E-state index contributed by atoms with van der Waals surface area (Å²) in [5.41, 5.74) is 0.774. The molecule has 0 atom stereocenters. The zero-order valence-corrected chi connectivity index (χ0v) is 8.03. The fourth-order valence-corrected chi connectivity index (χ4v) is 1.33. The van der Waals surface area contributed by atoms with Crippen molar-refractivity contribution in [2.45, 2.75) is 32.7 Å². The molecule has 0 saturated heterocycles. The Kier molecular flexibility index (Phi) is 1.94. The summed E-state index contributed by atoms with van der Waals surface area (Å²) in [7, 11) is 0. The molecule has 13 heavy (non-hydrogen) atoms. The molecule has 1 aliphatic carbocycles. The maximum Gasteiger partial charge on any atom is 0.169 e. The van der Waals surface area contributed by atoms with Crippen molar-refractivity contribution in [1.29, 1.82) is 0 Å². The van der Waals surface area contributed by atoms with E-state index >= 15 is 0 Å². The van der Waals surface area contributed by atoms with Crippen molar-refractivity contribution >= 4 is 5.78 Å². The van der Waals surface area contributed by atoms with Gasteiger partial charge in [-0.1, -0.05) is 0 Å². The molecule has 1 heterocycles. The van der Waals surface area contributed by atoms with Crippen molar-refractivity contribution in [2.24, 2.45) is 5.92 Å². The first-order valence-electron chi connectivity index (χ1n) is 4.77. The topological polar surface area (TPSA) is 34.9 Å². The second kappa shape index (κ2) is 2.98. The van der Waals surface area contributed by atoms with Crippen molar-refractivity contribution in [2.75, 3.05) is 0 Å². The van der Waals surface area contributed by atoms with Crippen molar-refractivity contribution in [3.63, 3.8) is 0 Å². The predicted molar refractivity (Wildman–Crippen MR) is 49.7 cm³/mol. The van der Waals surface area contributed by atoms with E-state index in [2.05, 4.69) is 18.9 Å². The minimum Gasteiger partial charge on any atom is -0.294 e. The molecule has 70 valence electrons. The summed E-state index contributed by atoms with van der Waals surface area (Å²) >= 11 is 0. The first-order chi connectivity index (χ1) is 6.18. The molecule has 0 amide bonds. The van der Waals surface area contributed by atoms with E-state index in [4.69, 9.17) is 0 Å². The van der Waals surface area contributed by atoms with Gasteiger partial charge in [0.1, 0.15) is 0 Å². The van der Waals surface area contributed by atoms with Gasteiger partial charge in [-0.2, -0.15) is 5.10 Å². The highest BCUT2D eigenvalue weighted by molar-refractivity contribution is 5.98. The van der Waals surface area contributed by atoms with Gasteiger partial charge in [-0.05, 0) is 26.7 Å². The number of carbonyl (C=O) groups is 1. The maximum absolute atomic E-state index is 11.6. The molecule has 0 radical (unpaired) electrons. The van der Waals surface area contributed by atoms with Crippen LogP contribution in [0.1, 0.15) is 43.1 Å². The van der Waals surface area contributed by atoms with Gasteiger partial charge in [-0.25, -0.2) is 0 Å². The van der Waals surface area contributed by atoms with Gasteiger partial charge in [0.15, 0.2) is 5.78 Å². The Morgan fingerprint density at radius 1 is 1.62 bits per heavy atom. The maximum atomic E-state index is 11.6. The van der Waals surface area contributed by atoms with Crippen LogP contribution in [0.4, 0.5) is 0 Å². The predicted octanol–water partition coefficient (Wildman–Crippen LogP) is 2.06. The summed E-state index contributed by atoms with van der Waals surface area (Å²) in [6.07, 6.45) is 5.66. The molecule has 1 saturated carbocycles. The summed E-state index contributed by atoms with van der Waals surface area (Å²) in [5, 5.41) is 4.14. The molecular weight excluding hydrogens is 164 g/mol. The van der Waals surface area contributed by atoms with E-state index in [9.17, 15) is 4.79 Å². The second-order valence-electron chi connectivity index (χ2n) is 3.94. The van der Waals surface area contributed by atoms with Crippen LogP contribution in [0.15, 0.2) is 12.4 Å². The van der Waals surface area contributed by atoms with Crippen LogP contribution in [0.5, 0.6) is 0 Å². The van der Waals surface area contributed by atoms with Gasteiger partial charge >= 0.3 is 0 Å². The minimum atomic E-state index is 0.270. The molecule has 0 N–H and O–H groups in total. The van der Waals surface area contributed by atoms with E-state index in [1.165, 1.54) is 0 Å². The smallest absolute Gasteiger partial charge is 0.169 e. The summed E-state index contributed by atoms with van der Waals surface area (Å²) in [4.78, 5) is 11.6. The Bertz CT molecular complexity index is 323. The van der Waals surface area contributed by atoms with Crippen LogP contribution in [-0.4, -0.2) is 15.6 Å². The van der Waals surface area contributed by atoms with Crippen LogP contribution in [-0.2, 0) is 0 Å². The first kappa shape index (κ1) is 8.48. The Labute approximate surface area is 77.7 Å². The number of ketones is 1. The number of hydrogen-bond donors (Lipinski definition) is 0. The van der Waals surface area contributed by atoms with Crippen LogP contribution in [0.3, 0.4) is 0 Å². The molecule has 0 aliphatic heterocycles. The zero-order chi connectivity index (χ0) is 9.42. The SMILES string of the molecule is CC(C)n1cc(C(=O)C2CC2)cn1. The zero-order valence-electron chi connectivity index (χ0n) is 8.03. The van der Waals surface area contributed by atoms with Crippen LogP contribution < -0.4 is 0 Å². The molecule has 3 heteroatoms. The van der Waals surface area contributed by atoms with E-state index in [0.717, 1.165) is 18.4 Å². The van der Waals surface area contributed by atoms with Crippen LogP contribution >= 0.6 is 0 Å². The van der Waals surface area contributed by atoms with Crippen molar-refractivity contribution in [3.05, 3.63) is 18.0 Å². The highest BCUT2D eigenvalue weighted by atomic mass is 16.1. The summed E-state index contributed by atoms with van der Waals surface area (Å²) in [6.45, 7) is 4.11. The van der Waals surface area contributed by atoms with E-state index < -0.39 is 0 Å². The average Bonchev–Trinajstić information content (AvgIpc) is 2.81. The van der Waals surface area contributed by atoms with E-state index in [1.807, 2.05) is 10.9 Å². The standard InChI is InChI=1S/C10H14N2O/c1-7(2)12-6-9(5-11-12)10(13)8-3-4-8/h5-8H,3-4H2,1-2H3. The fourth-order valence-electron chi connectivity index (χ4n) is 1.33. The molecule has 0 bridgehead atoms. The van der Waals surface area contributed by atoms with Gasteiger partial charge in [0.05, 0.1) is 11.8 Å². The summed E-state index contributed by atoms with van der Waals surface area (Å²) in [6, 6.07) is 0.334. The van der Waals surface area contributed by atoms with Gasteiger partial charge in [0.2, 0.25) is 0 Å². The third-order valence-electron chi connectivity index (χ3n) is 2.36. The van der Waals surface area contributed by atoms with Crippen molar-refractivity contribution in [3.8, 4) is 0 Å². The van der Waals surface area contributed by atoms with E-state index in [1.54, 1.807) is 6.20 Å². The normalized spacial score (nSPS) is 16.5. The largest absolute Gasteiger partial charge is 0.294 e. The molecule has 1 aromatic heterocycles. The first-order valence-corrected chi connectivity index (χ1v) is 4.77. The Morgan fingerprint density at radius 2 is 2.31 bits per heavy atom. The van der Waals surface area contributed by atoms with Gasteiger partial charge in [-0.15, -0.1) is 0 Å². The summed E-state index contributed by atoms with van der Waals surface area (Å²) < 4.78 is 1.83. The van der Waals surface area contributed by atoms with Gasteiger partial charge in [0.25, 0.3) is 0 Å². The van der Waals surface area contributed by atoms with E-state index in [0.29, 0.717) is 12.0 Å². The number of hydrogen-bond acceptors (Lipinski definition) is 2. The number of carbonyl (C=O) groups excluding carboxylic acids is 1. The second-order valence-corrected chi connectivity index (χ2v) is 3.94. The lowest BCUT2D eigenvalue weighted by Gasteiger charge is -2.02. The third kappa shape index (κ3) is 1.64. The molecule has 3 nitrogen and oxygen atoms in total. The van der Waals surface area contributed by atoms with Gasteiger partial charge < -0.3 is 0 Å². The van der Waals surface area contributed by atoms with Crippen molar-refractivity contribution < 1.29 is 4.79 Å². The summed E-state index contributed by atoms with van der Waals surface area (Å²) in [5.74, 6) is 0.566. The average molecular weight is 178 g/mol. The highest BCUT2D eigenvalue weighted by Crippen LogP contribution is 2.32. The quantitative estimate of drug-likeness (QED) is 0.664. The van der Waals surface area contributed by atoms with Gasteiger partial charge in [-0.3, -0.25) is 9.48 Å². The lowest BCUT2D eigenvalue weighted by molar-refractivity contribution is 0.0967. The van der Waals surface area contributed by atoms with Gasteiger partial charge in [0, 0.05) is 18.2 Å². The lowest BCUT2D eigenvalue weighted by Crippen LogP contribution is -2.02. The molecule has 0 spiro atoms. The highest BCUT2D eigenvalue weighted by Gasteiger charge is 2.31. The number of nitrogens with zero attached hydrogens (tertiary/aromatic N) is 2. The Balaban J connectivity index is 2.16. The Hall–Kier alpha value is -1.12. The van der Waals surface area contributed by atoms with Crippen LogP contribution in [0.2, 0.25) is 0 Å². The molecular formula is C10H14N2O. The Morgan fingerprint density at radius 3 is 2.77 bits per heavy atom. The molecule has 0 unspecified atom stereocenters. The number of Topliss-reactive ketones (excluding diaryl/α,β-unsaturated/α-hetero) is 1. The molecule has 0 aromatic carbocycles. The molecule has 1 aliphatic rings.